The molecule has 1 amide bonds. The topological polar surface area (TPSA) is 110 Å². The number of methoxy groups -OCH3 is 1. The quantitative estimate of drug-likeness (QED) is 0.719. The van der Waals surface area contributed by atoms with Gasteiger partial charge in [-0.2, -0.15) is 0 Å². The average molecular weight is 287 g/mol. The summed E-state index contributed by atoms with van der Waals surface area (Å²) in [5, 5.41) is 8.36. The number of carbonyl (C=O) groups excluding carboxylic acids is 1. The Morgan fingerprint density at radius 3 is 2.32 bits per heavy atom. The highest BCUT2D eigenvalue weighted by atomic mass is 32.2. The monoisotopic (exact) mass is 287 g/mol. The Morgan fingerprint density at radius 1 is 1.26 bits per heavy atom. The van der Waals surface area contributed by atoms with Crippen LogP contribution in [-0.4, -0.2) is 32.5 Å². The summed E-state index contributed by atoms with van der Waals surface area (Å²) in [4.78, 5) is 21.3. The summed E-state index contributed by atoms with van der Waals surface area (Å²) < 4.78 is 29.8. The Balaban J connectivity index is 2.68. The predicted octanol–water partition coefficient (Wildman–Crippen LogP) is 0.116. The van der Waals surface area contributed by atoms with Crippen LogP contribution in [0.25, 0.3) is 0 Å². The number of sulfonamides is 1. The molecule has 0 aliphatic heterocycles. The van der Waals surface area contributed by atoms with Crippen molar-refractivity contribution in [2.24, 2.45) is 0 Å². The molecule has 1 rings (SSSR count). The van der Waals surface area contributed by atoms with Gasteiger partial charge in [-0.15, -0.1) is 0 Å². The Kier molecular flexibility index (Phi) is 4.87. The molecule has 0 bridgehead atoms. The average Bonchev–Trinajstić information content (AvgIpc) is 2.27. The Hall–Kier alpha value is -2.09. The molecule has 0 spiro atoms. The van der Waals surface area contributed by atoms with E-state index < -0.39 is 34.1 Å². The van der Waals surface area contributed by atoms with E-state index in [2.05, 4.69) is 0 Å². The van der Waals surface area contributed by atoms with Crippen LogP contribution in [0.2, 0.25) is 0 Å². The van der Waals surface area contributed by atoms with Gasteiger partial charge in [-0.3, -0.25) is 14.3 Å². The molecule has 0 atom stereocenters. The van der Waals surface area contributed by atoms with Gasteiger partial charge >= 0.3 is 5.97 Å². The fourth-order valence-corrected chi connectivity index (χ4v) is 2.45. The lowest BCUT2D eigenvalue weighted by Crippen LogP contribution is -2.32. The number of hydrogen-bond donors (Lipinski definition) is 2. The van der Waals surface area contributed by atoms with Gasteiger partial charge in [0.2, 0.25) is 15.9 Å². The molecule has 19 heavy (non-hydrogen) atoms. The van der Waals surface area contributed by atoms with E-state index in [4.69, 9.17) is 9.84 Å². The number of carboxylic acid groups (broad SMARTS) is 1. The first-order valence-corrected chi connectivity index (χ1v) is 6.85. The van der Waals surface area contributed by atoms with Crippen molar-refractivity contribution in [3.8, 4) is 5.75 Å². The SMILES string of the molecule is COc1ccc(CS(=O)(=O)NC(=O)CC(=O)O)cc1. The zero-order valence-electron chi connectivity index (χ0n) is 10.1. The smallest absolute Gasteiger partial charge is 0.312 e. The molecule has 104 valence electrons. The Morgan fingerprint density at radius 2 is 1.84 bits per heavy atom. The number of aliphatic carboxylic acids is 1. The zero-order valence-corrected chi connectivity index (χ0v) is 10.9. The van der Waals surface area contributed by atoms with Crippen molar-refractivity contribution in [2.45, 2.75) is 12.2 Å². The molecule has 0 aliphatic rings. The normalized spacial score (nSPS) is 10.8. The van der Waals surface area contributed by atoms with Crippen LogP contribution in [0.5, 0.6) is 5.75 Å². The van der Waals surface area contributed by atoms with Gasteiger partial charge in [-0.25, -0.2) is 8.42 Å². The summed E-state index contributed by atoms with van der Waals surface area (Å²) in [7, 11) is -2.42. The zero-order chi connectivity index (χ0) is 14.5. The summed E-state index contributed by atoms with van der Waals surface area (Å²) in [6.45, 7) is 0. The molecule has 0 unspecified atom stereocenters. The van der Waals surface area contributed by atoms with Crippen molar-refractivity contribution >= 4 is 21.9 Å². The molecule has 0 aliphatic carbocycles. The van der Waals surface area contributed by atoms with Gasteiger partial charge in [-0.1, -0.05) is 12.1 Å². The first-order chi connectivity index (χ1) is 8.82. The van der Waals surface area contributed by atoms with E-state index >= 15 is 0 Å². The number of carboxylic acids is 1. The minimum Gasteiger partial charge on any atom is -0.497 e. The van der Waals surface area contributed by atoms with E-state index in [0.29, 0.717) is 11.3 Å². The molecular formula is C11H13NO6S. The van der Waals surface area contributed by atoms with E-state index in [1.165, 1.54) is 7.11 Å². The number of nitrogens with one attached hydrogen (secondary N) is 1. The summed E-state index contributed by atoms with van der Waals surface area (Å²) in [5.41, 5.74) is 0.455. The van der Waals surface area contributed by atoms with Crippen LogP contribution in [0.1, 0.15) is 12.0 Å². The molecule has 0 heterocycles. The third-order valence-electron chi connectivity index (χ3n) is 2.10. The standard InChI is InChI=1S/C11H13NO6S/c1-18-9-4-2-8(3-5-9)7-19(16,17)12-10(13)6-11(14)15/h2-5H,6-7H2,1H3,(H,12,13)(H,14,15). The third kappa shape index (κ3) is 5.38. The predicted molar refractivity (Wildman–Crippen MR) is 66.0 cm³/mol. The second kappa shape index (κ2) is 6.19. The molecule has 0 saturated carbocycles. The van der Waals surface area contributed by atoms with E-state index in [1.807, 2.05) is 0 Å². The van der Waals surface area contributed by atoms with Crippen molar-refractivity contribution in [1.82, 2.24) is 4.72 Å². The molecule has 8 heteroatoms. The fraction of sp³-hybridized carbons (Fsp3) is 0.273. The number of rotatable bonds is 6. The first kappa shape index (κ1) is 15.0. The lowest BCUT2D eigenvalue weighted by Gasteiger charge is -2.06. The maximum atomic E-state index is 11.6. The van der Waals surface area contributed by atoms with E-state index in [1.54, 1.807) is 29.0 Å². The highest BCUT2D eigenvalue weighted by Crippen LogP contribution is 2.13. The van der Waals surface area contributed by atoms with Gasteiger partial charge in [0.1, 0.15) is 12.2 Å². The number of carbonyl (C=O) groups is 2. The lowest BCUT2D eigenvalue weighted by atomic mass is 10.2. The summed E-state index contributed by atoms with van der Waals surface area (Å²) in [6.07, 6.45) is -0.887. The molecule has 0 aromatic heterocycles. The second-order valence-corrected chi connectivity index (χ2v) is 5.43. The van der Waals surface area contributed by atoms with Crippen molar-refractivity contribution in [3.05, 3.63) is 29.8 Å². The van der Waals surface area contributed by atoms with Crippen molar-refractivity contribution in [1.29, 1.82) is 0 Å². The van der Waals surface area contributed by atoms with Crippen LogP contribution in [0.4, 0.5) is 0 Å². The second-order valence-electron chi connectivity index (χ2n) is 3.70. The van der Waals surface area contributed by atoms with Gasteiger partial charge in [-0.05, 0) is 17.7 Å². The molecule has 2 N–H and O–H groups in total. The number of benzene rings is 1. The largest absolute Gasteiger partial charge is 0.497 e. The molecule has 1 aromatic rings. The van der Waals surface area contributed by atoms with Crippen LogP contribution < -0.4 is 9.46 Å². The summed E-state index contributed by atoms with van der Waals surface area (Å²) in [5.74, 6) is -2.29. The van der Waals surface area contributed by atoms with Gasteiger partial charge in [0.15, 0.2) is 0 Å². The van der Waals surface area contributed by atoms with Crippen molar-refractivity contribution in [3.63, 3.8) is 0 Å². The minimum atomic E-state index is -3.90. The highest BCUT2D eigenvalue weighted by Gasteiger charge is 2.17. The molecule has 0 radical (unpaired) electrons. The minimum absolute atomic E-state index is 0.414. The van der Waals surface area contributed by atoms with Crippen LogP contribution in [0.3, 0.4) is 0 Å². The van der Waals surface area contributed by atoms with E-state index in [-0.39, 0.29) is 0 Å². The van der Waals surface area contributed by atoms with Crippen LogP contribution in [-0.2, 0) is 25.4 Å². The maximum absolute atomic E-state index is 11.6. The lowest BCUT2D eigenvalue weighted by molar-refractivity contribution is -0.140. The molecule has 1 aromatic carbocycles. The fourth-order valence-electron chi connectivity index (χ4n) is 1.32. The van der Waals surface area contributed by atoms with E-state index in [9.17, 15) is 18.0 Å². The van der Waals surface area contributed by atoms with Gasteiger partial charge in [0, 0.05) is 0 Å². The third-order valence-corrected chi connectivity index (χ3v) is 3.35. The molecule has 0 fully saturated rings. The molecule has 7 nitrogen and oxygen atoms in total. The summed E-state index contributed by atoms with van der Waals surface area (Å²) >= 11 is 0. The van der Waals surface area contributed by atoms with Gasteiger partial charge < -0.3 is 9.84 Å². The maximum Gasteiger partial charge on any atom is 0.312 e. The van der Waals surface area contributed by atoms with Crippen molar-refractivity contribution in [2.75, 3.05) is 7.11 Å². The Bertz CT molecular complexity index is 563. The summed E-state index contributed by atoms with van der Waals surface area (Å²) in [6, 6.07) is 6.26. The number of ether oxygens (including phenoxy) is 1. The van der Waals surface area contributed by atoms with Crippen molar-refractivity contribution < 1.29 is 27.9 Å². The van der Waals surface area contributed by atoms with Gasteiger partial charge in [0.05, 0.1) is 12.9 Å². The Labute approximate surface area is 110 Å². The van der Waals surface area contributed by atoms with Crippen LogP contribution >= 0.6 is 0 Å². The van der Waals surface area contributed by atoms with Crippen LogP contribution in [0, 0.1) is 0 Å². The van der Waals surface area contributed by atoms with Gasteiger partial charge in [0.25, 0.3) is 0 Å². The highest BCUT2D eigenvalue weighted by molar-refractivity contribution is 7.89. The van der Waals surface area contributed by atoms with Crippen LogP contribution in [0.15, 0.2) is 24.3 Å². The number of hydrogen-bond acceptors (Lipinski definition) is 5. The number of amides is 1. The molecule has 0 saturated heterocycles. The molecular weight excluding hydrogens is 274 g/mol. The van der Waals surface area contributed by atoms with E-state index in [0.717, 1.165) is 0 Å². The first-order valence-electron chi connectivity index (χ1n) is 5.20.